The number of halogens is 4. The minimum Gasteiger partial charge on any atom is -0.444 e. The highest BCUT2D eigenvalue weighted by Gasteiger charge is 2.34. The van der Waals surface area contributed by atoms with Crippen molar-refractivity contribution in [2.75, 3.05) is 10.6 Å². The average molecular weight is 429 g/mol. The number of amides is 2. The minimum atomic E-state index is -4.87. The van der Waals surface area contributed by atoms with Crippen molar-refractivity contribution in [2.45, 2.75) is 39.1 Å². The van der Waals surface area contributed by atoms with Gasteiger partial charge in [-0.3, -0.25) is 14.9 Å². The lowest BCUT2D eigenvalue weighted by molar-refractivity contribution is -0.139. The van der Waals surface area contributed by atoms with Gasteiger partial charge in [0.25, 0.3) is 5.56 Å². The molecule has 0 saturated heterocycles. The summed E-state index contributed by atoms with van der Waals surface area (Å²) in [7, 11) is 0. The normalized spacial score (nSPS) is 11.7. The van der Waals surface area contributed by atoms with Gasteiger partial charge in [0, 0.05) is 11.9 Å². The van der Waals surface area contributed by atoms with Crippen LogP contribution in [0.25, 0.3) is 0 Å². The van der Waals surface area contributed by atoms with Crippen LogP contribution in [0.1, 0.15) is 26.3 Å². The molecule has 11 heteroatoms. The number of ether oxygens (including phenoxy) is 1. The Hall–Kier alpha value is -3.37. The zero-order valence-corrected chi connectivity index (χ0v) is 16.3. The van der Waals surface area contributed by atoms with E-state index in [1.165, 1.54) is 6.07 Å². The van der Waals surface area contributed by atoms with E-state index in [-0.39, 0.29) is 11.4 Å². The van der Waals surface area contributed by atoms with Crippen molar-refractivity contribution in [1.82, 2.24) is 4.57 Å². The van der Waals surface area contributed by atoms with Gasteiger partial charge in [0.05, 0.1) is 5.69 Å². The van der Waals surface area contributed by atoms with Gasteiger partial charge < -0.3 is 14.6 Å². The molecule has 0 atom stereocenters. The quantitative estimate of drug-likeness (QED) is 0.720. The molecule has 30 heavy (non-hydrogen) atoms. The Balaban J connectivity index is 2.14. The summed E-state index contributed by atoms with van der Waals surface area (Å²) in [5.74, 6) is -1.79. The number of alkyl halides is 3. The molecule has 2 aromatic rings. The molecule has 2 N–H and O–H groups in total. The predicted molar refractivity (Wildman–Crippen MR) is 101 cm³/mol. The summed E-state index contributed by atoms with van der Waals surface area (Å²) in [4.78, 5) is 35.8. The number of rotatable bonds is 4. The van der Waals surface area contributed by atoms with Gasteiger partial charge in [0.15, 0.2) is 0 Å². The standard InChI is InChI=1S/C19H19F4N3O4/c1-18(2,3)30-17(29)24-11-6-7-13(20)14(9-11)25-15(27)10-26-8-4-5-12(16(26)28)19(21,22)23/h4-9H,10H2,1-3H3,(H,24,29)(H,25,27). The molecule has 1 aromatic heterocycles. The summed E-state index contributed by atoms with van der Waals surface area (Å²) in [5, 5.41) is 4.52. The SMILES string of the molecule is CC(C)(C)OC(=O)Nc1ccc(F)c(NC(=O)Cn2cccc(C(F)(F)F)c2=O)c1. The fourth-order valence-electron chi connectivity index (χ4n) is 2.34. The number of nitrogens with zero attached hydrogens (tertiary/aromatic N) is 1. The first-order valence-electron chi connectivity index (χ1n) is 8.62. The highest BCUT2D eigenvalue weighted by atomic mass is 19.4. The number of carbonyl (C=O) groups is 2. The molecule has 7 nitrogen and oxygen atoms in total. The molecule has 1 aromatic carbocycles. The number of aromatic nitrogens is 1. The first kappa shape index (κ1) is 22.9. The maximum Gasteiger partial charge on any atom is 0.421 e. The fourth-order valence-corrected chi connectivity index (χ4v) is 2.34. The molecule has 0 bridgehead atoms. The van der Waals surface area contributed by atoms with E-state index in [4.69, 9.17) is 4.74 Å². The van der Waals surface area contributed by atoms with Gasteiger partial charge >= 0.3 is 12.3 Å². The van der Waals surface area contributed by atoms with E-state index in [1.807, 2.05) is 0 Å². The van der Waals surface area contributed by atoms with Gasteiger partial charge in [0.2, 0.25) is 5.91 Å². The Morgan fingerprint density at radius 1 is 1.10 bits per heavy atom. The molecule has 0 aliphatic heterocycles. The summed E-state index contributed by atoms with van der Waals surface area (Å²) >= 11 is 0. The van der Waals surface area contributed by atoms with Crippen molar-refractivity contribution in [2.24, 2.45) is 0 Å². The van der Waals surface area contributed by atoms with Crippen molar-refractivity contribution in [3.63, 3.8) is 0 Å². The summed E-state index contributed by atoms with van der Waals surface area (Å²) in [5.41, 5.74) is -3.82. The maximum absolute atomic E-state index is 14.0. The van der Waals surface area contributed by atoms with Crippen LogP contribution in [0.5, 0.6) is 0 Å². The van der Waals surface area contributed by atoms with Crippen molar-refractivity contribution in [1.29, 1.82) is 0 Å². The molecule has 0 aliphatic rings. The zero-order chi connectivity index (χ0) is 22.7. The van der Waals surface area contributed by atoms with Crippen LogP contribution < -0.4 is 16.2 Å². The molecule has 162 valence electrons. The molecular formula is C19H19F4N3O4. The third kappa shape index (κ3) is 6.33. The van der Waals surface area contributed by atoms with E-state index < -0.39 is 47.3 Å². The van der Waals surface area contributed by atoms with Gasteiger partial charge in [0.1, 0.15) is 23.5 Å². The summed E-state index contributed by atoms with van der Waals surface area (Å²) in [6, 6.07) is 4.88. The molecule has 0 unspecified atom stereocenters. The van der Waals surface area contributed by atoms with E-state index in [9.17, 15) is 31.9 Å². The second kappa shape index (κ2) is 8.56. The zero-order valence-electron chi connectivity index (χ0n) is 16.3. The highest BCUT2D eigenvalue weighted by molar-refractivity contribution is 5.92. The van der Waals surface area contributed by atoms with E-state index >= 15 is 0 Å². The fraction of sp³-hybridized carbons (Fsp3) is 0.316. The van der Waals surface area contributed by atoms with E-state index in [0.717, 1.165) is 24.4 Å². The lowest BCUT2D eigenvalue weighted by Gasteiger charge is -2.20. The Morgan fingerprint density at radius 2 is 1.77 bits per heavy atom. The van der Waals surface area contributed by atoms with Crippen LogP contribution in [0.2, 0.25) is 0 Å². The number of nitrogens with one attached hydrogen (secondary N) is 2. The van der Waals surface area contributed by atoms with Gasteiger partial charge in [-0.1, -0.05) is 0 Å². The van der Waals surface area contributed by atoms with Crippen LogP contribution in [0.3, 0.4) is 0 Å². The van der Waals surface area contributed by atoms with Crippen LogP contribution >= 0.6 is 0 Å². The largest absolute Gasteiger partial charge is 0.444 e. The third-order valence-corrected chi connectivity index (χ3v) is 3.53. The number of anilines is 2. The Morgan fingerprint density at radius 3 is 2.37 bits per heavy atom. The van der Waals surface area contributed by atoms with Crippen molar-refractivity contribution in [3.05, 3.63) is 58.3 Å². The Labute approximate surface area is 168 Å². The lowest BCUT2D eigenvalue weighted by Crippen LogP contribution is -2.32. The monoisotopic (exact) mass is 429 g/mol. The van der Waals surface area contributed by atoms with Crippen LogP contribution in [0, 0.1) is 5.82 Å². The first-order valence-corrected chi connectivity index (χ1v) is 8.62. The average Bonchev–Trinajstić information content (AvgIpc) is 2.57. The molecular weight excluding hydrogens is 410 g/mol. The topological polar surface area (TPSA) is 89.4 Å². The van der Waals surface area contributed by atoms with Gasteiger partial charge in [-0.25, -0.2) is 9.18 Å². The smallest absolute Gasteiger partial charge is 0.421 e. The van der Waals surface area contributed by atoms with Crippen LogP contribution in [-0.4, -0.2) is 22.2 Å². The van der Waals surface area contributed by atoms with E-state index in [0.29, 0.717) is 10.6 Å². The lowest BCUT2D eigenvalue weighted by atomic mass is 10.2. The van der Waals surface area contributed by atoms with Crippen molar-refractivity contribution >= 4 is 23.4 Å². The second-order valence-corrected chi connectivity index (χ2v) is 7.22. The van der Waals surface area contributed by atoms with Gasteiger partial charge in [-0.15, -0.1) is 0 Å². The van der Waals surface area contributed by atoms with Crippen molar-refractivity contribution < 1.29 is 31.9 Å². The molecule has 0 spiro atoms. The molecule has 0 aliphatic carbocycles. The number of hydrogen-bond donors (Lipinski definition) is 2. The number of hydrogen-bond acceptors (Lipinski definition) is 4. The van der Waals surface area contributed by atoms with E-state index in [2.05, 4.69) is 10.6 Å². The molecule has 2 amide bonds. The summed E-state index contributed by atoms with van der Waals surface area (Å²) in [6.45, 7) is 4.18. The Bertz CT molecular complexity index is 1010. The minimum absolute atomic E-state index is 0.109. The predicted octanol–water partition coefficient (Wildman–Crippen LogP) is 3.99. The number of benzene rings is 1. The molecule has 0 fully saturated rings. The molecule has 2 rings (SSSR count). The van der Waals surface area contributed by atoms with Crippen LogP contribution in [0.4, 0.5) is 33.7 Å². The van der Waals surface area contributed by atoms with Crippen molar-refractivity contribution in [3.8, 4) is 0 Å². The second-order valence-electron chi connectivity index (χ2n) is 7.22. The summed E-state index contributed by atoms with van der Waals surface area (Å²) < 4.78 is 58.0. The highest BCUT2D eigenvalue weighted by Crippen LogP contribution is 2.26. The number of carbonyl (C=O) groups excluding carboxylic acids is 2. The van der Waals surface area contributed by atoms with Gasteiger partial charge in [-0.2, -0.15) is 13.2 Å². The summed E-state index contributed by atoms with van der Waals surface area (Å²) in [6.07, 6.45) is -4.67. The maximum atomic E-state index is 14.0. The van der Waals surface area contributed by atoms with Crippen LogP contribution in [-0.2, 0) is 22.3 Å². The number of pyridine rings is 1. The van der Waals surface area contributed by atoms with E-state index in [1.54, 1.807) is 20.8 Å². The molecule has 0 saturated carbocycles. The molecule has 1 heterocycles. The molecule has 0 radical (unpaired) electrons. The van der Waals surface area contributed by atoms with Crippen LogP contribution in [0.15, 0.2) is 41.3 Å². The third-order valence-electron chi connectivity index (χ3n) is 3.53. The first-order chi connectivity index (χ1) is 13.8. The van der Waals surface area contributed by atoms with Gasteiger partial charge in [-0.05, 0) is 51.1 Å². The Kier molecular flexibility index (Phi) is 6.53.